The van der Waals surface area contributed by atoms with Crippen LogP contribution < -0.4 is 5.56 Å². The zero-order valence-corrected chi connectivity index (χ0v) is 8.11. The van der Waals surface area contributed by atoms with Crippen LogP contribution in [0.2, 0.25) is 0 Å². The second kappa shape index (κ2) is 2.91. The smallest absolute Gasteiger partial charge is 0.355 e. The molecule has 0 aliphatic rings. The molecule has 78 valence electrons. The average molecular weight is 208 g/mol. The zero-order chi connectivity index (χ0) is 11.2. The number of aryl methyl sites for hydroxylation is 1. The molecule has 7 heteroatoms. The summed E-state index contributed by atoms with van der Waals surface area (Å²) >= 11 is 0. The first kappa shape index (κ1) is 9.38. The van der Waals surface area contributed by atoms with Crippen LogP contribution in [0, 0.1) is 13.8 Å². The van der Waals surface area contributed by atoms with Crippen molar-refractivity contribution in [2.75, 3.05) is 0 Å². The standard InChI is InChI=1S/C8H8N4O3/c1-3-5(7(14)15)10-8-9-4(2)11-12(8)6(3)13/h1-2H3,(H,14,15)(H,9,10,11). The van der Waals surface area contributed by atoms with E-state index in [9.17, 15) is 9.59 Å². The Morgan fingerprint density at radius 3 is 2.67 bits per heavy atom. The first-order chi connectivity index (χ1) is 7.00. The third-order valence-electron chi connectivity index (χ3n) is 2.03. The molecule has 0 radical (unpaired) electrons. The molecule has 0 unspecified atom stereocenters. The lowest BCUT2D eigenvalue weighted by molar-refractivity contribution is 0.0689. The monoisotopic (exact) mass is 208 g/mol. The molecule has 0 amide bonds. The summed E-state index contributed by atoms with van der Waals surface area (Å²) in [5, 5.41) is 11.5. The Morgan fingerprint density at radius 2 is 2.07 bits per heavy atom. The van der Waals surface area contributed by atoms with E-state index in [0.717, 1.165) is 4.52 Å². The van der Waals surface area contributed by atoms with E-state index in [-0.39, 0.29) is 17.0 Å². The summed E-state index contributed by atoms with van der Waals surface area (Å²) in [7, 11) is 0. The molecule has 2 aromatic rings. The number of H-pyrrole nitrogens is 1. The van der Waals surface area contributed by atoms with Crippen molar-refractivity contribution < 1.29 is 9.90 Å². The molecule has 0 saturated heterocycles. The van der Waals surface area contributed by atoms with Crippen LogP contribution in [0.3, 0.4) is 0 Å². The molecule has 15 heavy (non-hydrogen) atoms. The minimum atomic E-state index is -1.23. The lowest BCUT2D eigenvalue weighted by atomic mass is 10.2. The number of aromatic nitrogens is 4. The fourth-order valence-electron chi connectivity index (χ4n) is 1.31. The highest BCUT2D eigenvalue weighted by Gasteiger charge is 2.16. The molecule has 0 spiro atoms. The number of carboxylic acids is 1. The largest absolute Gasteiger partial charge is 0.476 e. The molecule has 0 fully saturated rings. The van der Waals surface area contributed by atoms with Gasteiger partial charge < -0.3 is 5.11 Å². The van der Waals surface area contributed by atoms with Crippen LogP contribution >= 0.6 is 0 Å². The van der Waals surface area contributed by atoms with Gasteiger partial charge in [-0.25, -0.2) is 9.78 Å². The third-order valence-corrected chi connectivity index (χ3v) is 2.03. The maximum absolute atomic E-state index is 11.7. The van der Waals surface area contributed by atoms with Crippen LogP contribution in [-0.4, -0.2) is 30.7 Å². The van der Waals surface area contributed by atoms with Crippen LogP contribution in [0.4, 0.5) is 0 Å². The Kier molecular flexibility index (Phi) is 1.82. The van der Waals surface area contributed by atoms with E-state index < -0.39 is 11.5 Å². The second-order valence-electron chi connectivity index (χ2n) is 3.14. The van der Waals surface area contributed by atoms with Crippen molar-refractivity contribution in [2.24, 2.45) is 0 Å². The van der Waals surface area contributed by atoms with Crippen LogP contribution in [0.1, 0.15) is 21.9 Å². The molecule has 7 nitrogen and oxygen atoms in total. The molecule has 2 heterocycles. The number of nitrogens with zero attached hydrogens (tertiary/aromatic N) is 3. The molecule has 2 rings (SSSR count). The summed E-state index contributed by atoms with van der Waals surface area (Å²) < 4.78 is 1.12. The van der Waals surface area contributed by atoms with Gasteiger partial charge in [-0.3, -0.25) is 9.89 Å². The van der Waals surface area contributed by atoms with E-state index in [2.05, 4.69) is 15.1 Å². The number of hydrogen-bond donors (Lipinski definition) is 2. The average Bonchev–Trinajstić information content (AvgIpc) is 2.52. The molecule has 0 saturated carbocycles. The highest BCUT2D eigenvalue weighted by atomic mass is 16.4. The third kappa shape index (κ3) is 1.28. The lowest BCUT2D eigenvalue weighted by Crippen LogP contribution is -2.22. The molecule has 0 atom stereocenters. The van der Waals surface area contributed by atoms with E-state index in [4.69, 9.17) is 5.11 Å². The van der Waals surface area contributed by atoms with E-state index >= 15 is 0 Å². The van der Waals surface area contributed by atoms with Crippen LogP contribution in [0.5, 0.6) is 0 Å². The van der Waals surface area contributed by atoms with Crippen molar-refractivity contribution in [3.63, 3.8) is 0 Å². The molecule has 0 bridgehead atoms. The van der Waals surface area contributed by atoms with Gasteiger partial charge in [0.15, 0.2) is 5.69 Å². The lowest BCUT2D eigenvalue weighted by Gasteiger charge is -1.98. The van der Waals surface area contributed by atoms with E-state index in [1.54, 1.807) is 6.92 Å². The Morgan fingerprint density at radius 1 is 1.40 bits per heavy atom. The molecule has 0 aromatic carbocycles. The topological polar surface area (TPSA) is 100 Å². The van der Waals surface area contributed by atoms with E-state index in [0.29, 0.717) is 5.82 Å². The number of hydrogen-bond acceptors (Lipinski definition) is 4. The van der Waals surface area contributed by atoms with Gasteiger partial charge in [-0.2, -0.15) is 9.50 Å². The molecular weight excluding hydrogens is 200 g/mol. The SMILES string of the molecule is Cc1nc2nc(C(=O)O)c(C)c(=O)n2[nH]1. The van der Waals surface area contributed by atoms with Crippen LogP contribution in [0.25, 0.3) is 5.78 Å². The van der Waals surface area contributed by atoms with Crippen molar-refractivity contribution in [3.05, 3.63) is 27.4 Å². The van der Waals surface area contributed by atoms with Gasteiger partial charge in [0.05, 0.1) is 0 Å². The van der Waals surface area contributed by atoms with Gasteiger partial charge in [0.25, 0.3) is 11.3 Å². The van der Waals surface area contributed by atoms with E-state index in [1.165, 1.54) is 6.92 Å². The molecule has 2 N–H and O–H groups in total. The minimum absolute atomic E-state index is 0.0699. The fourth-order valence-corrected chi connectivity index (χ4v) is 1.31. The Balaban J connectivity index is 2.94. The van der Waals surface area contributed by atoms with Crippen molar-refractivity contribution in [2.45, 2.75) is 13.8 Å². The summed E-state index contributed by atoms with van der Waals surface area (Å²) in [4.78, 5) is 30.1. The summed E-state index contributed by atoms with van der Waals surface area (Å²) in [5.41, 5.74) is -0.617. The summed E-state index contributed by atoms with van der Waals surface area (Å²) in [6.45, 7) is 3.07. The quantitative estimate of drug-likeness (QED) is 0.672. The highest BCUT2D eigenvalue weighted by molar-refractivity contribution is 5.87. The Hall–Kier alpha value is -2.18. The number of carbonyl (C=O) groups is 1. The van der Waals surface area contributed by atoms with Crippen molar-refractivity contribution >= 4 is 11.7 Å². The van der Waals surface area contributed by atoms with Gasteiger partial charge in [-0.05, 0) is 13.8 Å². The van der Waals surface area contributed by atoms with Gasteiger partial charge in [-0.1, -0.05) is 0 Å². The molecule has 0 aliphatic carbocycles. The van der Waals surface area contributed by atoms with Gasteiger partial charge >= 0.3 is 5.97 Å². The fraction of sp³-hybridized carbons (Fsp3) is 0.250. The number of rotatable bonds is 1. The molecule has 2 aromatic heterocycles. The van der Waals surface area contributed by atoms with Gasteiger partial charge in [0, 0.05) is 5.56 Å². The summed E-state index contributed by atoms with van der Waals surface area (Å²) in [6, 6.07) is 0. The van der Waals surface area contributed by atoms with Gasteiger partial charge in [0.2, 0.25) is 0 Å². The zero-order valence-electron chi connectivity index (χ0n) is 8.11. The first-order valence-electron chi connectivity index (χ1n) is 4.20. The van der Waals surface area contributed by atoms with Gasteiger partial charge in [-0.15, -0.1) is 0 Å². The van der Waals surface area contributed by atoms with Crippen LogP contribution in [-0.2, 0) is 0 Å². The number of nitrogens with one attached hydrogen (secondary N) is 1. The maximum atomic E-state index is 11.7. The number of fused-ring (bicyclic) bond motifs is 1. The Labute approximate surface area is 83.4 Å². The predicted octanol–water partition coefficient (Wildman–Crippen LogP) is -0.267. The number of aromatic carboxylic acids is 1. The first-order valence-corrected chi connectivity index (χ1v) is 4.20. The van der Waals surface area contributed by atoms with Crippen LogP contribution in [0.15, 0.2) is 4.79 Å². The summed E-state index contributed by atoms with van der Waals surface area (Å²) in [6.07, 6.45) is 0. The highest BCUT2D eigenvalue weighted by Crippen LogP contribution is 2.01. The van der Waals surface area contributed by atoms with Gasteiger partial charge in [0.1, 0.15) is 5.82 Å². The van der Waals surface area contributed by atoms with Crippen molar-refractivity contribution in [1.82, 2.24) is 19.6 Å². The van der Waals surface area contributed by atoms with E-state index in [1.807, 2.05) is 0 Å². The predicted molar refractivity (Wildman–Crippen MR) is 50.0 cm³/mol. The number of aromatic amines is 1. The normalized spacial score (nSPS) is 10.8. The summed E-state index contributed by atoms with van der Waals surface area (Å²) in [5.74, 6) is -0.658. The molecular formula is C8H8N4O3. The molecule has 0 aliphatic heterocycles. The Bertz CT molecular complexity index is 610. The minimum Gasteiger partial charge on any atom is -0.476 e. The maximum Gasteiger partial charge on any atom is 0.355 e. The van der Waals surface area contributed by atoms with Crippen molar-refractivity contribution in [3.8, 4) is 0 Å². The number of carboxylic acid groups (broad SMARTS) is 1. The van der Waals surface area contributed by atoms with Crippen molar-refractivity contribution in [1.29, 1.82) is 0 Å². The second-order valence-corrected chi connectivity index (χ2v) is 3.14.